The first-order valence-corrected chi connectivity index (χ1v) is 8.23. The first-order chi connectivity index (χ1) is 9.56. The maximum Gasteiger partial charge on any atom is 0.0420 e. The van der Waals surface area contributed by atoms with Gasteiger partial charge in [-0.1, -0.05) is 22.0 Å². The number of benzene rings is 1. The molecule has 0 aromatic heterocycles. The Kier molecular flexibility index (Phi) is 5.87. The van der Waals surface area contributed by atoms with E-state index in [2.05, 4.69) is 70.4 Å². The molecule has 4 heteroatoms. The number of anilines is 1. The fourth-order valence-electron chi connectivity index (χ4n) is 2.33. The standard InChI is InChI=1S/C16H26BrN3/c1-19(2)9-4-10-20(3)16-11-14(17)6-5-13(16)12-18-15-7-8-15/h5-6,11,15,18H,4,7-10,12H2,1-3H3. The van der Waals surface area contributed by atoms with Crippen molar-refractivity contribution in [3.05, 3.63) is 28.2 Å². The lowest BCUT2D eigenvalue weighted by Gasteiger charge is -2.24. The Balaban J connectivity index is 1.96. The Morgan fingerprint density at radius 1 is 1.20 bits per heavy atom. The summed E-state index contributed by atoms with van der Waals surface area (Å²) in [6, 6.07) is 7.36. The highest BCUT2D eigenvalue weighted by Gasteiger charge is 2.20. The third-order valence-electron chi connectivity index (χ3n) is 3.72. The highest BCUT2D eigenvalue weighted by molar-refractivity contribution is 9.10. The van der Waals surface area contributed by atoms with E-state index in [1.165, 1.54) is 30.5 Å². The van der Waals surface area contributed by atoms with Gasteiger partial charge in [-0.05, 0) is 57.6 Å². The van der Waals surface area contributed by atoms with Crippen molar-refractivity contribution < 1.29 is 0 Å². The summed E-state index contributed by atoms with van der Waals surface area (Å²) in [7, 11) is 6.45. The van der Waals surface area contributed by atoms with Crippen LogP contribution in [0.15, 0.2) is 22.7 Å². The minimum absolute atomic E-state index is 0.755. The second kappa shape index (κ2) is 7.43. The van der Waals surface area contributed by atoms with Crippen LogP contribution in [0.4, 0.5) is 5.69 Å². The van der Waals surface area contributed by atoms with Crippen LogP contribution in [0.3, 0.4) is 0 Å². The summed E-state index contributed by atoms with van der Waals surface area (Å²) in [6.07, 6.45) is 3.86. The van der Waals surface area contributed by atoms with Crippen LogP contribution in [0, 0.1) is 0 Å². The van der Waals surface area contributed by atoms with Crippen LogP contribution in [-0.2, 0) is 6.54 Å². The molecule has 0 amide bonds. The summed E-state index contributed by atoms with van der Waals surface area (Å²) in [6.45, 7) is 3.20. The van der Waals surface area contributed by atoms with Gasteiger partial charge in [-0.2, -0.15) is 0 Å². The lowest BCUT2D eigenvalue weighted by Crippen LogP contribution is -2.25. The molecule has 0 unspecified atom stereocenters. The molecule has 0 radical (unpaired) electrons. The molecule has 0 atom stereocenters. The SMILES string of the molecule is CN(C)CCCN(C)c1cc(Br)ccc1CNC1CC1. The third kappa shape index (κ3) is 5.08. The molecule has 1 saturated carbocycles. The molecule has 3 nitrogen and oxygen atoms in total. The smallest absolute Gasteiger partial charge is 0.0420 e. The Bertz CT molecular complexity index is 430. The van der Waals surface area contributed by atoms with Crippen LogP contribution in [0.5, 0.6) is 0 Å². The molecule has 2 rings (SSSR count). The van der Waals surface area contributed by atoms with Crippen LogP contribution in [0.25, 0.3) is 0 Å². The van der Waals surface area contributed by atoms with E-state index in [-0.39, 0.29) is 0 Å². The van der Waals surface area contributed by atoms with Gasteiger partial charge in [-0.25, -0.2) is 0 Å². The summed E-state index contributed by atoms with van der Waals surface area (Å²) in [5.74, 6) is 0. The van der Waals surface area contributed by atoms with Crippen LogP contribution in [-0.4, -0.2) is 45.2 Å². The molecule has 0 bridgehead atoms. The zero-order chi connectivity index (χ0) is 14.5. The summed E-state index contributed by atoms with van der Waals surface area (Å²) >= 11 is 3.59. The second-order valence-electron chi connectivity index (χ2n) is 6.01. The largest absolute Gasteiger partial charge is 0.374 e. The molecule has 1 aromatic carbocycles. The highest BCUT2D eigenvalue weighted by Crippen LogP contribution is 2.26. The predicted molar refractivity (Wildman–Crippen MR) is 90.4 cm³/mol. The Morgan fingerprint density at radius 2 is 1.95 bits per heavy atom. The van der Waals surface area contributed by atoms with E-state index in [1.807, 2.05) is 0 Å². The Morgan fingerprint density at radius 3 is 2.60 bits per heavy atom. The van der Waals surface area contributed by atoms with E-state index in [4.69, 9.17) is 0 Å². The Hall–Kier alpha value is -0.580. The van der Waals surface area contributed by atoms with Gasteiger partial charge in [0, 0.05) is 36.3 Å². The van der Waals surface area contributed by atoms with E-state index >= 15 is 0 Å². The van der Waals surface area contributed by atoms with Gasteiger partial charge in [0.25, 0.3) is 0 Å². The van der Waals surface area contributed by atoms with Crippen molar-refractivity contribution in [3.8, 4) is 0 Å². The first-order valence-electron chi connectivity index (χ1n) is 7.44. The molecule has 1 aliphatic carbocycles. The zero-order valence-electron chi connectivity index (χ0n) is 12.8. The molecule has 1 aromatic rings. The normalized spacial score (nSPS) is 14.8. The van der Waals surface area contributed by atoms with E-state index in [1.54, 1.807) is 0 Å². The molecule has 1 aliphatic rings. The zero-order valence-corrected chi connectivity index (χ0v) is 14.4. The molecule has 20 heavy (non-hydrogen) atoms. The molecule has 0 spiro atoms. The summed E-state index contributed by atoms with van der Waals surface area (Å²) in [5.41, 5.74) is 2.73. The minimum atomic E-state index is 0.755. The third-order valence-corrected chi connectivity index (χ3v) is 4.21. The summed E-state index contributed by atoms with van der Waals surface area (Å²) in [5, 5.41) is 3.61. The summed E-state index contributed by atoms with van der Waals surface area (Å²) < 4.78 is 1.15. The van der Waals surface area contributed by atoms with Crippen LogP contribution in [0.1, 0.15) is 24.8 Å². The van der Waals surface area contributed by atoms with E-state index in [0.29, 0.717) is 0 Å². The quantitative estimate of drug-likeness (QED) is 0.785. The fraction of sp³-hybridized carbons (Fsp3) is 0.625. The number of rotatable bonds is 8. The monoisotopic (exact) mass is 339 g/mol. The van der Waals surface area contributed by atoms with Crippen molar-refractivity contribution in [1.29, 1.82) is 0 Å². The van der Waals surface area contributed by atoms with E-state index < -0.39 is 0 Å². The first kappa shape index (κ1) is 15.8. The molecule has 0 saturated heterocycles. The van der Waals surface area contributed by atoms with Gasteiger partial charge in [0.05, 0.1) is 0 Å². The van der Waals surface area contributed by atoms with Gasteiger partial charge in [0.1, 0.15) is 0 Å². The van der Waals surface area contributed by atoms with Crippen molar-refractivity contribution in [2.75, 3.05) is 39.1 Å². The van der Waals surface area contributed by atoms with E-state index in [0.717, 1.165) is 30.1 Å². The van der Waals surface area contributed by atoms with Crippen molar-refractivity contribution >= 4 is 21.6 Å². The van der Waals surface area contributed by atoms with Crippen LogP contribution >= 0.6 is 15.9 Å². The molecule has 112 valence electrons. The lowest BCUT2D eigenvalue weighted by molar-refractivity contribution is 0.401. The highest BCUT2D eigenvalue weighted by atomic mass is 79.9. The molecule has 0 heterocycles. The molecule has 0 aliphatic heterocycles. The van der Waals surface area contributed by atoms with Gasteiger partial charge < -0.3 is 15.1 Å². The average molecular weight is 340 g/mol. The molecular formula is C16H26BrN3. The van der Waals surface area contributed by atoms with Crippen molar-refractivity contribution in [2.45, 2.75) is 31.8 Å². The minimum Gasteiger partial charge on any atom is -0.374 e. The predicted octanol–water partition coefficient (Wildman–Crippen LogP) is 3.09. The van der Waals surface area contributed by atoms with Crippen molar-refractivity contribution in [3.63, 3.8) is 0 Å². The van der Waals surface area contributed by atoms with Gasteiger partial charge in [-0.15, -0.1) is 0 Å². The summed E-state index contributed by atoms with van der Waals surface area (Å²) in [4.78, 5) is 4.61. The lowest BCUT2D eigenvalue weighted by atomic mass is 10.1. The number of hydrogen-bond acceptors (Lipinski definition) is 3. The molecule has 1 fully saturated rings. The van der Waals surface area contributed by atoms with Crippen LogP contribution < -0.4 is 10.2 Å². The Labute approximate surface area is 131 Å². The fourth-order valence-corrected chi connectivity index (χ4v) is 2.68. The number of nitrogens with one attached hydrogen (secondary N) is 1. The maximum atomic E-state index is 3.61. The maximum absolute atomic E-state index is 3.61. The van der Waals surface area contributed by atoms with Gasteiger partial charge >= 0.3 is 0 Å². The number of hydrogen-bond donors (Lipinski definition) is 1. The van der Waals surface area contributed by atoms with Gasteiger partial charge in [0.15, 0.2) is 0 Å². The van der Waals surface area contributed by atoms with Crippen molar-refractivity contribution in [2.24, 2.45) is 0 Å². The average Bonchev–Trinajstić information content (AvgIpc) is 3.20. The van der Waals surface area contributed by atoms with Gasteiger partial charge in [-0.3, -0.25) is 0 Å². The van der Waals surface area contributed by atoms with E-state index in [9.17, 15) is 0 Å². The van der Waals surface area contributed by atoms with Gasteiger partial charge in [0.2, 0.25) is 0 Å². The second-order valence-corrected chi connectivity index (χ2v) is 6.92. The van der Waals surface area contributed by atoms with Crippen LogP contribution in [0.2, 0.25) is 0 Å². The number of nitrogens with zero attached hydrogens (tertiary/aromatic N) is 2. The topological polar surface area (TPSA) is 18.5 Å². The number of halogens is 1. The molecular weight excluding hydrogens is 314 g/mol. The molecule has 1 N–H and O–H groups in total. The van der Waals surface area contributed by atoms with Crippen molar-refractivity contribution in [1.82, 2.24) is 10.2 Å².